The van der Waals surface area contributed by atoms with Crippen LogP contribution >= 0.6 is 0 Å². The van der Waals surface area contributed by atoms with Crippen LogP contribution in [-0.4, -0.2) is 18.4 Å². The molecule has 0 aliphatic heterocycles. The number of hydrogen-bond donors (Lipinski definition) is 0. The Kier molecular flexibility index (Phi) is 2.37. The summed E-state index contributed by atoms with van der Waals surface area (Å²) in [4.78, 5) is 15.2. The van der Waals surface area contributed by atoms with Crippen molar-refractivity contribution in [1.29, 1.82) is 0 Å². The molecule has 0 saturated carbocycles. The summed E-state index contributed by atoms with van der Waals surface area (Å²) in [5.41, 5.74) is 2.32. The number of hydrogen-bond acceptors (Lipinski definition) is 3. The number of nitrogens with zero attached hydrogens (tertiary/aromatic N) is 1. The van der Waals surface area contributed by atoms with Gasteiger partial charge in [0.25, 0.3) is 0 Å². The predicted molar refractivity (Wildman–Crippen MR) is 58.4 cm³/mol. The minimum Gasteiger partial charge on any atom is -0.497 e. The van der Waals surface area contributed by atoms with E-state index in [1.807, 2.05) is 25.1 Å². The van der Waals surface area contributed by atoms with Crippen molar-refractivity contribution in [2.24, 2.45) is 0 Å². The van der Waals surface area contributed by atoms with Gasteiger partial charge in [0.15, 0.2) is 6.29 Å². The van der Waals surface area contributed by atoms with Gasteiger partial charge in [-0.05, 0) is 19.1 Å². The lowest BCUT2D eigenvalue weighted by Gasteiger charge is -2.05. The summed E-state index contributed by atoms with van der Waals surface area (Å²) >= 11 is 0. The second-order valence-corrected chi connectivity index (χ2v) is 3.35. The molecule has 0 atom stereocenters. The molecule has 0 unspecified atom stereocenters. The molecule has 0 aliphatic rings. The van der Waals surface area contributed by atoms with Gasteiger partial charge in [0.2, 0.25) is 0 Å². The molecular formula is C12H11NO2. The second kappa shape index (κ2) is 3.69. The van der Waals surface area contributed by atoms with Crippen molar-refractivity contribution in [3.8, 4) is 5.75 Å². The molecule has 3 nitrogen and oxygen atoms in total. The number of benzene rings is 1. The van der Waals surface area contributed by atoms with E-state index in [0.29, 0.717) is 11.3 Å². The number of fused-ring (bicyclic) bond motifs is 1. The summed E-state index contributed by atoms with van der Waals surface area (Å²) in [6.45, 7) is 1.92. The van der Waals surface area contributed by atoms with E-state index in [2.05, 4.69) is 4.98 Å². The molecule has 1 heterocycles. The van der Waals surface area contributed by atoms with Crippen molar-refractivity contribution in [2.75, 3.05) is 7.11 Å². The molecule has 0 bridgehead atoms. The third-order valence-electron chi connectivity index (χ3n) is 2.31. The topological polar surface area (TPSA) is 39.2 Å². The lowest BCUT2D eigenvalue weighted by molar-refractivity contribution is 0.112. The van der Waals surface area contributed by atoms with Crippen LogP contribution in [0.25, 0.3) is 10.9 Å². The fourth-order valence-electron chi connectivity index (χ4n) is 1.55. The molecule has 0 spiro atoms. The first-order valence-corrected chi connectivity index (χ1v) is 4.65. The average molecular weight is 201 g/mol. The molecule has 0 radical (unpaired) electrons. The molecule has 0 N–H and O–H groups in total. The van der Waals surface area contributed by atoms with Crippen molar-refractivity contribution in [2.45, 2.75) is 6.92 Å². The van der Waals surface area contributed by atoms with Crippen LogP contribution < -0.4 is 4.74 Å². The fourth-order valence-corrected chi connectivity index (χ4v) is 1.55. The van der Waals surface area contributed by atoms with Gasteiger partial charge in [-0.25, -0.2) is 0 Å². The molecule has 3 heteroatoms. The molecule has 0 aliphatic carbocycles. The maximum absolute atomic E-state index is 10.9. The Balaban J connectivity index is 2.80. The van der Waals surface area contributed by atoms with Gasteiger partial charge in [-0.15, -0.1) is 0 Å². The molecule has 0 amide bonds. The van der Waals surface area contributed by atoms with E-state index in [-0.39, 0.29) is 0 Å². The predicted octanol–water partition coefficient (Wildman–Crippen LogP) is 2.36. The number of pyridine rings is 1. The van der Waals surface area contributed by atoms with Crippen molar-refractivity contribution in [1.82, 2.24) is 4.98 Å². The minimum atomic E-state index is 0.608. The monoisotopic (exact) mass is 201 g/mol. The van der Waals surface area contributed by atoms with E-state index in [0.717, 1.165) is 22.9 Å². The van der Waals surface area contributed by atoms with Gasteiger partial charge < -0.3 is 4.74 Å². The molecule has 15 heavy (non-hydrogen) atoms. The van der Waals surface area contributed by atoms with Crippen LogP contribution in [0.15, 0.2) is 24.3 Å². The standard InChI is InChI=1S/C12H11NO2/c1-8-3-4-11-9(7-14)5-10(15-2)6-12(11)13-8/h3-7H,1-2H3. The van der Waals surface area contributed by atoms with Gasteiger partial charge in [0, 0.05) is 22.7 Å². The summed E-state index contributed by atoms with van der Waals surface area (Å²) < 4.78 is 5.11. The van der Waals surface area contributed by atoms with Gasteiger partial charge in [0.05, 0.1) is 12.6 Å². The molecule has 0 saturated heterocycles. The first-order chi connectivity index (χ1) is 7.24. The van der Waals surface area contributed by atoms with Gasteiger partial charge in [-0.3, -0.25) is 9.78 Å². The smallest absolute Gasteiger partial charge is 0.150 e. The summed E-state index contributed by atoms with van der Waals surface area (Å²) in [5.74, 6) is 0.655. The van der Waals surface area contributed by atoms with E-state index in [9.17, 15) is 4.79 Å². The van der Waals surface area contributed by atoms with Gasteiger partial charge in [-0.2, -0.15) is 0 Å². The number of carbonyl (C=O) groups excluding carboxylic acids is 1. The van der Waals surface area contributed by atoms with E-state index in [1.54, 1.807) is 13.2 Å². The van der Waals surface area contributed by atoms with E-state index >= 15 is 0 Å². The Labute approximate surface area is 87.7 Å². The molecule has 2 rings (SSSR count). The SMILES string of the molecule is COc1cc(C=O)c2ccc(C)nc2c1. The van der Waals surface area contributed by atoms with Crippen molar-refractivity contribution in [3.05, 3.63) is 35.5 Å². The number of rotatable bonds is 2. The molecule has 1 aromatic carbocycles. The third kappa shape index (κ3) is 1.68. The van der Waals surface area contributed by atoms with Crippen LogP contribution in [0.5, 0.6) is 5.75 Å². The number of aromatic nitrogens is 1. The highest BCUT2D eigenvalue weighted by Crippen LogP contribution is 2.23. The highest BCUT2D eigenvalue weighted by Gasteiger charge is 2.04. The zero-order valence-electron chi connectivity index (χ0n) is 8.65. The lowest BCUT2D eigenvalue weighted by atomic mass is 10.1. The molecule has 1 aromatic heterocycles. The Morgan fingerprint density at radius 3 is 2.80 bits per heavy atom. The maximum Gasteiger partial charge on any atom is 0.150 e. The summed E-state index contributed by atoms with van der Waals surface area (Å²) in [7, 11) is 1.57. The summed E-state index contributed by atoms with van der Waals surface area (Å²) in [6.07, 6.45) is 0.821. The number of ether oxygens (including phenoxy) is 1. The number of carbonyl (C=O) groups is 1. The highest BCUT2D eigenvalue weighted by atomic mass is 16.5. The van der Waals surface area contributed by atoms with Crippen LogP contribution in [0.3, 0.4) is 0 Å². The summed E-state index contributed by atoms with van der Waals surface area (Å²) in [6, 6.07) is 7.34. The Morgan fingerprint density at radius 1 is 1.33 bits per heavy atom. The molecule has 0 fully saturated rings. The quantitative estimate of drug-likeness (QED) is 0.700. The van der Waals surface area contributed by atoms with Crippen molar-refractivity contribution in [3.63, 3.8) is 0 Å². The van der Waals surface area contributed by atoms with Crippen LogP contribution in [0.2, 0.25) is 0 Å². The normalized spacial score (nSPS) is 10.3. The third-order valence-corrected chi connectivity index (χ3v) is 2.31. The number of aldehydes is 1. The molecule has 76 valence electrons. The van der Waals surface area contributed by atoms with Crippen molar-refractivity contribution >= 4 is 17.2 Å². The first-order valence-electron chi connectivity index (χ1n) is 4.65. The van der Waals surface area contributed by atoms with Crippen molar-refractivity contribution < 1.29 is 9.53 Å². The molecule has 2 aromatic rings. The number of aryl methyl sites for hydroxylation is 1. The van der Waals surface area contributed by atoms with Crippen LogP contribution in [0.1, 0.15) is 16.1 Å². The lowest BCUT2D eigenvalue weighted by Crippen LogP contribution is -1.91. The van der Waals surface area contributed by atoms with Gasteiger partial charge in [-0.1, -0.05) is 6.07 Å². The van der Waals surface area contributed by atoms with Gasteiger partial charge in [0.1, 0.15) is 5.75 Å². The van der Waals surface area contributed by atoms with E-state index < -0.39 is 0 Å². The highest BCUT2D eigenvalue weighted by molar-refractivity contribution is 5.97. The fraction of sp³-hybridized carbons (Fsp3) is 0.167. The average Bonchev–Trinajstić information content (AvgIpc) is 2.26. The molecular weight excluding hydrogens is 190 g/mol. The number of methoxy groups -OCH3 is 1. The second-order valence-electron chi connectivity index (χ2n) is 3.35. The van der Waals surface area contributed by atoms with E-state index in [1.165, 1.54) is 0 Å². The van der Waals surface area contributed by atoms with Crippen LogP contribution in [0, 0.1) is 6.92 Å². The van der Waals surface area contributed by atoms with Gasteiger partial charge >= 0.3 is 0 Å². The zero-order chi connectivity index (χ0) is 10.8. The Bertz CT molecular complexity index is 520. The zero-order valence-corrected chi connectivity index (χ0v) is 8.65. The first kappa shape index (κ1) is 9.65. The summed E-state index contributed by atoms with van der Waals surface area (Å²) in [5, 5.41) is 0.858. The van der Waals surface area contributed by atoms with E-state index in [4.69, 9.17) is 4.74 Å². The Hall–Kier alpha value is -1.90. The maximum atomic E-state index is 10.9. The minimum absolute atomic E-state index is 0.608. The van der Waals surface area contributed by atoms with Crippen LogP contribution in [0.4, 0.5) is 0 Å². The Morgan fingerprint density at radius 2 is 2.13 bits per heavy atom. The van der Waals surface area contributed by atoms with Crippen LogP contribution in [-0.2, 0) is 0 Å². The largest absolute Gasteiger partial charge is 0.497 e.